The van der Waals surface area contributed by atoms with Crippen LogP contribution >= 0.6 is 0 Å². The van der Waals surface area contributed by atoms with Gasteiger partial charge in [-0.15, -0.1) is 0 Å². The van der Waals surface area contributed by atoms with Gasteiger partial charge in [-0.25, -0.2) is 4.98 Å². The van der Waals surface area contributed by atoms with E-state index in [0.29, 0.717) is 29.6 Å². The number of carbonyl (C=O) groups is 1. The van der Waals surface area contributed by atoms with E-state index in [2.05, 4.69) is 15.1 Å². The van der Waals surface area contributed by atoms with Crippen molar-refractivity contribution in [3.8, 4) is 5.75 Å². The smallest absolute Gasteiger partial charge is 0.263 e. The normalized spacial score (nSPS) is 16.3. The van der Waals surface area contributed by atoms with Crippen LogP contribution in [0.5, 0.6) is 5.75 Å². The van der Waals surface area contributed by atoms with Gasteiger partial charge in [-0.1, -0.05) is 23.4 Å². The highest BCUT2D eigenvalue weighted by atomic mass is 16.5. The maximum atomic E-state index is 12.9. The summed E-state index contributed by atoms with van der Waals surface area (Å²) in [6, 6.07) is 10.9. The summed E-state index contributed by atoms with van der Waals surface area (Å²) in [5, 5.41) is 4.03. The van der Waals surface area contributed by atoms with Crippen LogP contribution in [0.2, 0.25) is 0 Å². The molecule has 8 heteroatoms. The number of para-hydroxylation sites is 1. The van der Waals surface area contributed by atoms with Gasteiger partial charge >= 0.3 is 0 Å². The Morgan fingerprint density at radius 2 is 2.18 bits per heavy atom. The van der Waals surface area contributed by atoms with Crippen LogP contribution in [0.4, 0.5) is 0 Å². The van der Waals surface area contributed by atoms with Crippen molar-refractivity contribution in [2.24, 2.45) is 0 Å². The van der Waals surface area contributed by atoms with E-state index in [1.165, 1.54) is 6.20 Å². The first kappa shape index (κ1) is 18.0. The Morgan fingerprint density at radius 1 is 1.36 bits per heavy atom. The maximum Gasteiger partial charge on any atom is 0.263 e. The molecule has 28 heavy (non-hydrogen) atoms. The Hall–Kier alpha value is -3.42. The summed E-state index contributed by atoms with van der Waals surface area (Å²) >= 11 is 0. The van der Waals surface area contributed by atoms with E-state index >= 15 is 0 Å². The number of amides is 1. The second kappa shape index (κ2) is 7.67. The zero-order chi connectivity index (χ0) is 19.5. The first-order valence-electron chi connectivity index (χ1n) is 9.12. The van der Waals surface area contributed by atoms with Crippen LogP contribution in [-0.4, -0.2) is 32.5 Å². The lowest BCUT2D eigenvalue weighted by Crippen LogP contribution is -2.35. The highest BCUT2D eigenvalue weighted by Crippen LogP contribution is 2.32. The molecule has 2 aromatic heterocycles. The quantitative estimate of drug-likeness (QED) is 0.730. The number of likely N-dealkylation sites (tertiary alicyclic amines) is 1. The molecule has 1 atom stereocenters. The molecule has 3 aromatic rings. The summed E-state index contributed by atoms with van der Waals surface area (Å²) in [6.45, 7) is 2.48. The monoisotopic (exact) mass is 380 g/mol. The summed E-state index contributed by atoms with van der Waals surface area (Å²) < 4.78 is 10.7. The minimum Gasteiger partial charge on any atom is -0.486 e. The number of hydrogen-bond donors (Lipinski definition) is 1. The summed E-state index contributed by atoms with van der Waals surface area (Å²) in [7, 11) is 0. The molecule has 0 radical (unpaired) electrons. The Bertz CT molecular complexity index is 1030. The Balaban J connectivity index is 1.49. The number of aromatic nitrogens is 3. The van der Waals surface area contributed by atoms with E-state index in [-0.39, 0.29) is 24.1 Å². The van der Waals surface area contributed by atoms with Crippen molar-refractivity contribution in [2.45, 2.75) is 32.4 Å². The zero-order valence-corrected chi connectivity index (χ0v) is 15.4. The van der Waals surface area contributed by atoms with Gasteiger partial charge in [0.2, 0.25) is 0 Å². The molecule has 1 aliphatic rings. The second-order valence-electron chi connectivity index (χ2n) is 6.69. The fourth-order valence-electron chi connectivity index (χ4n) is 3.34. The first-order chi connectivity index (χ1) is 13.6. The molecule has 0 saturated carbocycles. The summed E-state index contributed by atoms with van der Waals surface area (Å²) in [5.74, 6) is 1.37. The number of nitrogens with zero attached hydrogens (tertiary/aromatic N) is 3. The second-order valence-corrected chi connectivity index (χ2v) is 6.69. The summed E-state index contributed by atoms with van der Waals surface area (Å²) in [5.41, 5.74) is 0.241. The van der Waals surface area contributed by atoms with Crippen LogP contribution in [-0.2, 0) is 6.61 Å². The molecule has 8 nitrogen and oxygen atoms in total. The third-order valence-electron chi connectivity index (χ3n) is 4.70. The van der Waals surface area contributed by atoms with E-state index < -0.39 is 5.56 Å². The number of H-pyrrole nitrogens is 1. The minimum atomic E-state index is -0.478. The first-order valence-corrected chi connectivity index (χ1v) is 9.12. The topological polar surface area (TPSA) is 101 Å². The summed E-state index contributed by atoms with van der Waals surface area (Å²) in [4.78, 5) is 33.9. The predicted molar refractivity (Wildman–Crippen MR) is 99.9 cm³/mol. The Labute approximate surface area is 161 Å². The number of rotatable bonds is 5. The number of ether oxygens (including phenoxy) is 1. The van der Waals surface area contributed by atoms with Gasteiger partial charge in [0.1, 0.15) is 35.2 Å². The largest absolute Gasteiger partial charge is 0.486 e. The molecular weight excluding hydrogens is 360 g/mol. The van der Waals surface area contributed by atoms with Crippen molar-refractivity contribution < 1.29 is 14.1 Å². The van der Waals surface area contributed by atoms with Crippen molar-refractivity contribution in [1.82, 2.24) is 20.0 Å². The van der Waals surface area contributed by atoms with Crippen LogP contribution in [0, 0.1) is 6.92 Å². The molecule has 144 valence electrons. The van der Waals surface area contributed by atoms with Gasteiger partial charge in [0.15, 0.2) is 0 Å². The van der Waals surface area contributed by atoms with Gasteiger partial charge in [-0.2, -0.15) is 0 Å². The molecule has 0 aliphatic carbocycles. The lowest BCUT2D eigenvalue weighted by atomic mass is 10.1. The van der Waals surface area contributed by atoms with Crippen LogP contribution < -0.4 is 10.3 Å². The van der Waals surface area contributed by atoms with E-state index in [0.717, 1.165) is 12.8 Å². The van der Waals surface area contributed by atoms with Gasteiger partial charge in [-0.05, 0) is 31.9 Å². The van der Waals surface area contributed by atoms with Crippen molar-refractivity contribution >= 4 is 5.91 Å². The molecule has 0 spiro atoms. The highest BCUT2D eigenvalue weighted by Gasteiger charge is 2.33. The van der Waals surface area contributed by atoms with E-state index in [4.69, 9.17) is 9.26 Å². The third-order valence-corrected chi connectivity index (χ3v) is 4.70. The molecule has 0 unspecified atom stereocenters. The number of aromatic amines is 1. The summed E-state index contributed by atoms with van der Waals surface area (Å²) in [6.07, 6.45) is 2.94. The van der Waals surface area contributed by atoms with Crippen LogP contribution in [0.15, 0.2) is 51.9 Å². The van der Waals surface area contributed by atoms with Gasteiger partial charge in [0, 0.05) is 18.8 Å². The third kappa shape index (κ3) is 3.66. The van der Waals surface area contributed by atoms with Gasteiger partial charge in [0.05, 0.1) is 6.04 Å². The van der Waals surface area contributed by atoms with Crippen molar-refractivity contribution in [3.63, 3.8) is 0 Å². The fourth-order valence-corrected chi connectivity index (χ4v) is 3.34. The molecule has 1 aromatic carbocycles. The predicted octanol–water partition coefficient (Wildman–Crippen LogP) is 2.62. The van der Waals surface area contributed by atoms with E-state index in [1.54, 1.807) is 4.90 Å². The molecule has 3 heterocycles. The number of hydrogen-bond acceptors (Lipinski definition) is 6. The lowest BCUT2D eigenvalue weighted by Gasteiger charge is -2.22. The Morgan fingerprint density at radius 3 is 2.89 bits per heavy atom. The number of nitrogens with one attached hydrogen (secondary N) is 1. The van der Waals surface area contributed by atoms with Gasteiger partial charge < -0.3 is 19.1 Å². The van der Waals surface area contributed by atoms with E-state index in [1.807, 2.05) is 43.3 Å². The Kier molecular flexibility index (Phi) is 4.92. The van der Waals surface area contributed by atoms with Crippen molar-refractivity contribution in [1.29, 1.82) is 0 Å². The van der Waals surface area contributed by atoms with Crippen LogP contribution in [0.25, 0.3) is 0 Å². The number of aryl methyl sites for hydroxylation is 1. The van der Waals surface area contributed by atoms with Crippen molar-refractivity contribution in [2.75, 3.05) is 6.54 Å². The average molecular weight is 380 g/mol. The van der Waals surface area contributed by atoms with Gasteiger partial charge in [0.25, 0.3) is 11.5 Å². The number of carbonyl (C=O) groups excluding carboxylic acids is 1. The molecular formula is C20H20N4O4. The van der Waals surface area contributed by atoms with E-state index in [9.17, 15) is 9.59 Å². The lowest BCUT2D eigenvalue weighted by molar-refractivity contribution is 0.0728. The maximum absolute atomic E-state index is 12.9. The van der Waals surface area contributed by atoms with Gasteiger partial charge in [-0.3, -0.25) is 9.59 Å². The molecule has 4 rings (SSSR count). The molecule has 1 N–H and O–H groups in total. The average Bonchev–Trinajstić information content (AvgIpc) is 3.35. The molecule has 1 amide bonds. The number of benzene rings is 1. The molecule has 1 fully saturated rings. The minimum absolute atomic E-state index is 0.00979. The van der Waals surface area contributed by atoms with Crippen LogP contribution in [0.1, 0.15) is 46.5 Å². The molecule has 0 bridgehead atoms. The standard InChI is InChI=1S/C20H20N4O4/c1-13-10-16(23-28-13)17-8-5-9-24(17)20(26)15-11-21-18(22-19(15)25)12-27-14-6-3-2-4-7-14/h2-4,6-7,10-11,17H,5,8-9,12H2,1H3,(H,21,22,25)/t17-/m1/s1. The van der Waals surface area contributed by atoms with Crippen molar-refractivity contribution in [3.05, 3.63) is 75.8 Å². The highest BCUT2D eigenvalue weighted by molar-refractivity contribution is 5.94. The molecule has 1 saturated heterocycles. The zero-order valence-electron chi connectivity index (χ0n) is 15.4. The van der Waals surface area contributed by atoms with Crippen LogP contribution in [0.3, 0.4) is 0 Å². The molecule has 1 aliphatic heterocycles. The SMILES string of the molecule is Cc1cc([C@H]2CCCN2C(=O)c2cnc(COc3ccccc3)[nH]c2=O)no1. The fraction of sp³-hybridized carbons (Fsp3) is 0.300.